The third-order valence-electron chi connectivity index (χ3n) is 4.71. The van der Waals surface area contributed by atoms with Gasteiger partial charge < -0.3 is 9.64 Å². The van der Waals surface area contributed by atoms with Gasteiger partial charge in [0.25, 0.3) is 5.91 Å². The normalized spacial score (nSPS) is 17.9. The summed E-state index contributed by atoms with van der Waals surface area (Å²) in [6.07, 6.45) is 6.24. The van der Waals surface area contributed by atoms with Gasteiger partial charge in [0.2, 0.25) is 0 Å². The number of hydrogen-bond acceptors (Lipinski definition) is 3. The summed E-state index contributed by atoms with van der Waals surface area (Å²) in [6, 6.07) is 9.69. The molecule has 1 aromatic heterocycles. The van der Waals surface area contributed by atoms with Crippen LogP contribution in [0.2, 0.25) is 0 Å². The second-order valence-corrected chi connectivity index (χ2v) is 6.44. The van der Waals surface area contributed by atoms with Crippen molar-refractivity contribution in [2.45, 2.75) is 25.7 Å². The molecule has 1 amide bonds. The number of nitrogens with zero attached hydrogens (tertiary/aromatic N) is 2. The fourth-order valence-electron chi connectivity index (χ4n) is 3.39. The Hall–Kier alpha value is -2.14. The van der Waals surface area contributed by atoms with Crippen molar-refractivity contribution in [1.29, 1.82) is 0 Å². The molecule has 1 fully saturated rings. The standard InChI is InChI=1S/C19H25N3O2/c1-24-13-3-5-15-4-2-12-22(14-15)19(23)17-8-6-16(7-9-17)18-10-11-20-21-18/h6-11,15H,2-5,12-14H2,1H3,(H,20,21)/t15-/m1/s1. The van der Waals surface area contributed by atoms with Crippen molar-refractivity contribution in [3.8, 4) is 11.3 Å². The van der Waals surface area contributed by atoms with Gasteiger partial charge in [0.05, 0.1) is 5.69 Å². The summed E-state index contributed by atoms with van der Waals surface area (Å²) >= 11 is 0. The molecule has 0 spiro atoms. The summed E-state index contributed by atoms with van der Waals surface area (Å²) in [5.74, 6) is 0.740. The predicted octanol–water partition coefficient (Wildman–Crippen LogP) is 3.36. The average molecular weight is 327 g/mol. The van der Waals surface area contributed by atoms with Crippen LogP contribution in [0.1, 0.15) is 36.0 Å². The maximum absolute atomic E-state index is 12.8. The summed E-state index contributed by atoms with van der Waals surface area (Å²) < 4.78 is 5.13. The van der Waals surface area contributed by atoms with Gasteiger partial charge >= 0.3 is 0 Å². The molecule has 128 valence electrons. The molecule has 1 atom stereocenters. The first-order valence-corrected chi connectivity index (χ1v) is 8.66. The van der Waals surface area contributed by atoms with Gasteiger partial charge in [-0.3, -0.25) is 9.89 Å². The molecule has 1 aromatic carbocycles. The molecule has 2 aromatic rings. The van der Waals surface area contributed by atoms with Gasteiger partial charge in [-0.2, -0.15) is 5.10 Å². The summed E-state index contributed by atoms with van der Waals surface area (Å²) in [6.45, 7) is 2.53. The minimum Gasteiger partial charge on any atom is -0.385 e. The maximum Gasteiger partial charge on any atom is 0.253 e. The van der Waals surface area contributed by atoms with E-state index in [0.717, 1.165) is 55.8 Å². The van der Waals surface area contributed by atoms with E-state index in [4.69, 9.17) is 4.74 Å². The highest BCUT2D eigenvalue weighted by atomic mass is 16.5. The lowest BCUT2D eigenvalue weighted by atomic mass is 9.93. The predicted molar refractivity (Wildman–Crippen MR) is 93.8 cm³/mol. The molecule has 3 rings (SSSR count). The molecule has 0 bridgehead atoms. The summed E-state index contributed by atoms with van der Waals surface area (Å²) in [4.78, 5) is 14.8. The van der Waals surface area contributed by atoms with Crippen molar-refractivity contribution in [1.82, 2.24) is 15.1 Å². The fourth-order valence-corrected chi connectivity index (χ4v) is 3.39. The van der Waals surface area contributed by atoms with Crippen LogP contribution >= 0.6 is 0 Å². The van der Waals surface area contributed by atoms with Crippen LogP contribution in [0.3, 0.4) is 0 Å². The van der Waals surface area contributed by atoms with Gasteiger partial charge in [-0.05, 0) is 55.4 Å². The second-order valence-electron chi connectivity index (χ2n) is 6.44. The highest BCUT2D eigenvalue weighted by molar-refractivity contribution is 5.94. The Labute approximate surface area is 143 Å². The van der Waals surface area contributed by atoms with Gasteiger partial charge in [-0.25, -0.2) is 0 Å². The number of methoxy groups -OCH3 is 1. The van der Waals surface area contributed by atoms with Crippen molar-refractivity contribution in [2.75, 3.05) is 26.8 Å². The minimum absolute atomic E-state index is 0.141. The van der Waals surface area contributed by atoms with Crippen molar-refractivity contribution in [2.24, 2.45) is 5.92 Å². The van der Waals surface area contributed by atoms with E-state index in [-0.39, 0.29) is 5.91 Å². The lowest BCUT2D eigenvalue weighted by Gasteiger charge is -2.33. The van der Waals surface area contributed by atoms with E-state index in [1.807, 2.05) is 35.2 Å². The van der Waals surface area contributed by atoms with Crippen LogP contribution in [0.5, 0.6) is 0 Å². The zero-order chi connectivity index (χ0) is 16.8. The molecule has 1 N–H and O–H groups in total. The van der Waals surface area contributed by atoms with Crippen molar-refractivity contribution in [3.63, 3.8) is 0 Å². The van der Waals surface area contributed by atoms with E-state index in [1.165, 1.54) is 6.42 Å². The van der Waals surface area contributed by atoms with E-state index in [2.05, 4.69) is 10.2 Å². The van der Waals surface area contributed by atoms with Crippen LogP contribution in [0.15, 0.2) is 36.5 Å². The van der Waals surface area contributed by atoms with E-state index in [9.17, 15) is 4.79 Å². The van der Waals surface area contributed by atoms with Gasteiger partial charge in [-0.15, -0.1) is 0 Å². The fraction of sp³-hybridized carbons (Fsp3) is 0.474. The lowest BCUT2D eigenvalue weighted by molar-refractivity contribution is 0.0660. The molecule has 0 aliphatic carbocycles. The van der Waals surface area contributed by atoms with Crippen molar-refractivity contribution < 1.29 is 9.53 Å². The number of amides is 1. The van der Waals surface area contributed by atoms with E-state index < -0.39 is 0 Å². The number of aromatic nitrogens is 2. The van der Waals surface area contributed by atoms with E-state index >= 15 is 0 Å². The Morgan fingerprint density at radius 3 is 2.88 bits per heavy atom. The molecule has 0 radical (unpaired) electrons. The largest absolute Gasteiger partial charge is 0.385 e. The first-order chi connectivity index (χ1) is 11.8. The molecule has 1 aliphatic heterocycles. The van der Waals surface area contributed by atoms with Crippen LogP contribution in [-0.4, -0.2) is 47.8 Å². The number of benzene rings is 1. The first-order valence-electron chi connectivity index (χ1n) is 8.66. The summed E-state index contributed by atoms with van der Waals surface area (Å²) in [5.41, 5.74) is 2.76. The number of carbonyl (C=O) groups is 1. The quantitative estimate of drug-likeness (QED) is 0.828. The molecular formula is C19H25N3O2. The van der Waals surface area contributed by atoms with Crippen molar-refractivity contribution in [3.05, 3.63) is 42.1 Å². The molecule has 5 nitrogen and oxygen atoms in total. The van der Waals surface area contributed by atoms with Gasteiger partial charge in [0.1, 0.15) is 0 Å². The Balaban J connectivity index is 1.61. The number of likely N-dealkylation sites (tertiary alicyclic amines) is 1. The highest BCUT2D eigenvalue weighted by Crippen LogP contribution is 2.23. The Morgan fingerprint density at radius 2 is 2.17 bits per heavy atom. The number of H-pyrrole nitrogens is 1. The van der Waals surface area contributed by atoms with Crippen LogP contribution in [0.4, 0.5) is 0 Å². The zero-order valence-electron chi connectivity index (χ0n) is 14.2. The molecule has 0 unspecified atom stereocenters. The van der Waals surface area contributed by atoms with Crippen molar-refractivity contribution >= 4 is 5.91 Å². The molecular weight excluding hydrogens is 302 g/mol. The van der Waals surface area contributed by atoms with Crippen LogP contribution in [-0.2, 0) is 4.74 Å². The van der Waals surface area contributed by atoms with E-state index in [0.29, 0.717) is 5.92 Å². The molecule has 0 saturated carbocycles. The number of aromatic amines is 1. The third-order valence-corrected chi connectivity index (χ3v) is 4.71. The van der Waals surface area contributed by atoms with Crippen LogP contribution < -0.4 is 0 Å². The lowest BCUT2D eigenvalue weighted by Crippen LogP contribution is -2.40. The Morgan fingerprint density at radius 1 is 1.33 bits per heavy atom. The molecule has 1 aliphatic rings. The number of ether oxygens (including phenoxy) is 1. The zero-order valence-corrected chi connectivity index (χ0v) is 14.2. The smallest absolute Gasteiger partial charge is 0.253 e. The topological polar surface area (TPSA) is 58.2 Å². The van der Waals surface area contributed by atoms with E-state index in [1.54, 1.807) is 13.3 Å². The molecule has 5 heteroatoms. The average Bonchev–Trinajstić information content (AvgIpc) is 3.16. The first kappa shape index (κ1) is 16.7. The second kappa shape index (κ2) is 8.11. The monoisotopic (exact) mass is 327 g/mol. The van der Waals surface area contributed by atoms with Crippen LogP contribution in [0, 0.1) is 5.92 Å². The minimum atomic E-state index is 0.141. The maximum atomic E-state index is 12.8. The van der Waals surface area contributed by atoms with Gasteiger partial charge in [-0.1, -0.05) is 12.1 Å². The number of carbonyl (C=O) groups excluding carboxylic acids is 1. The highest BCUT2D eigenvalue weighted by Gasteiger charge is 2.24. The third kappa shape index (κ3) is 4.03. The van der Waals surface area contributed by atoms with Gasteiger partial charge in [0, 0.05) is 38.6 Å². The molecule has 24 heavy (non-hydrogen) atoms. The number of nitrogens with one attached hydrogen (secondary N) is 1. The Kier molecular flexibility index (Phi) is 5.64. The SMILES string of the molecule is COCCC[C@H]1CCCN(C(=O)c2ccc(-c3ccn[nH]3)cc2)C1. The number of piperidine rings is 1. The summed E-state index contributed by atoms with van der Waals surface area (Å²) in [7, 11) is 1.74. The van der Waals surface area contributed by atoms with Crippen LogP contribution in [0.25, 0.3) is 11.3 Å². The van der Waals surface area contributed by atoms with Gasteiger partial charge in [0.15, 0.2) is 0 Å². The number of hydrogen-bond donors (Lipinski definition) is 1. The summed E-state index contributed by atoms with van der Waals surface area (Å²) in [5, 5.41) is 6.90. The molecule has 2 heterocycles. The number of rotatable bonds is 6. The molecule has 1 saturated heterocycles. The Bertz CT molecular complexity index is 637.